The third kappa shape index (κ3) is 6.32. The van der Waals surface area contributed by atoms with Crippen molar-refractivity contribution >= 4 is 11.6 Å². The van der Waals surface area contributed by atoms with Gasteiger partial charge in [-0.15, -0.1) is 10.2 Å². The van der Waals surface area contributed by atoms with E-state index in [0.29, 0.717) is 0 Å². The number of pyridine rings is 1. The lowest BCUT2D eigenvalue weighted by atomic mass is 9.87. The fraction of sp³-hybridized carbons (Fsp3) is 0.650. The van der Waals surface area contributed by atoms with E-state index >= 15 is 0 Å². The molecule has 2 aromatic heterocycles. The molecule has 2 heterocycles. The van der Waals surface area contributed by atoms with Gasteiger partial charge in [0.15, 0.2) is 11.6 Å². The molecule has 0 amide bonds. The largest absolute Gasteiger partial charge is 0.356 e. The molecule has 0 saturated carbocycles. The number of nitrogens with one attached hydrogen (secondary N) is 2. The first-order valence-corrected chi connectivity index (χ1v) is 9.79. The number of fused-ring (bicyclic) bond motifs is 1. The number of aryl methyl sites for hydroxylation is 1. The molecule has 0 aliphatic carbocycles. The van der Waals surface area contributed by atoms with Gasteiger partial charge < -0.3 is 10.6 Å². The fourth-order valence-corrected chi connectivity index (χ4v) is 3.00. The van der Waals surface area contributed by atoms with Crippen molar-refractivity contribution in [2.45, 2.75) is 59.3 Å². The first-order chi connectivity index (χ1) is 12.6. The number of guanidine groups is 1. The van der Waals surface area contributed by atoms with Crippen molar-refractivity contribution in [3.05, 3.63) is 30.2 Å². The molecular weight excluding hydrogens is 324 g/mol. The molecule has 2 aromatic rings. The van der Waals surface area contributed by atoms with Crippen molar-refractivity contribution in [2.24, 2.45) is 10.4 Å². The molecule has 0 fully saturated rings. The molecule has 0 spiro atoms. The van der Waals surface area contributed by atoms with E-state index in [2.05, 4.69) is 46.6 Å². The molecule has 0 aromatic carbocycles. The Kier molecular flexibility index (Phi) is 7.88. The number of rotatable bonds is 10. The number of hydrogen-bond acceptors (Lipinski definition) is 3. The molecular formula is C20H34N6. The Bertz CT molecular complexity index is 688. The molecule has 0 bridgehead atoms. The normalized spacial score (nSPS) is 12.5. The van der Waals surface area contributed by atoms with Crippen molar-refractivity contribution in [3.8, 4) is 0 Å². The van der Waals surface area contributed by atoms with Crippen molar-refractivity contribution in [1.82, 2.24) is 25.2 Å². The lowest BCUT2D eigenvalue weighted by Crippen LogP contribution is -2.42. The van der Waals surface area contributed by atoms with E-state index in [1.165, 1.54) is 25.7 Å². The number of aromatic nitrogens is 3. The van der Waals surface area contributed by atoms with Crippen LogP contribution in [0, 0.1) is 5.41 Å². The smallest absolute Gasteiger partial charge is 0.190 e. The zero-order valence-corrected chi connectivity index (χ0v) is 16.8. The second-order valence-electron chi connectivity index (χ2n) is 7.62. The number of nitrogens with zero attached hydrogens (tertiary/aromatic N) is 4. The maximum atomic E-state index is 4.33. The monoisotopic (exact) mass is 358 g/mol. The quantitative estimate of drug-likeness (QED) is 0.388. The summed E-state index contributed by atoms with van der Waals surface area (Å²) in [6.07, 6.45) is 9.00. The molecule has 0 aliphatic rings. The average molecular weight is 359 g/mol. The second-order valence-corrected chi connectivity index (χ2v) is 7.62. The molecule has 0 aliphatic heterocycles. The summed E-state index contributed by atoms with van der Waals surface area (Å²) < 4.78 is 2.05. The Labute approximate surface area is 157 Å². The molecule has 0 radical (unpaired) electrons. The molecule has 144 valence electrons. The van der Waals surface area contributed by atoms with Gasteiger partial charge in [0.2, 0.25) is 0 Å². The second kappa shape index (κ2) is 10.1. The summed E-state index contributed by atoms with van der Waals surface area (Å²) in [6.45, 7) is 8.68. The van der Waals surface area contributed by atoms with Gasteiger partial charge in [0, 0.05) is 32.8 Å². The van der Waals surface area contributed by atoms with Gasteiger partial charge in [-0.1, -0.05) is 46.1 Å². The molecule has 6 heteroatoms. The van der Waals surface area contributed by atoms with Gasteiger partial charge >= 0.3 is 0 Å². The Balaban J connectivity index is 1.70. The van der Waals surface area contributed by atoms with Gasteiger partial charge in [0.05, 0.1) is 0 Å². The summed E-state index contributed by atoms with van der Waals surface area (Å²) in [5.74, 6) is 1.88. The zero-order chi connectivity index (χ0) is 18.8. The minimum absolute atomic E-state index is 0.285. The van der Waals surface area contributed by atoms with Crippen LogP contribution in [0.3, 0.4) is 0 Å². The Morgan fingerprint density at radius 1 is 1.15 bits per heavy atom. The maximum absolute atomic E-state index is 4.33. The standard InChI is InChI=1S/C20H34N6/c1-5-6-8-13-20(2,3)16-23-19(21-4)22-14-10-12-18-25-24-17-11-7-9-15-26(17)18/h7,9,11,15H,5-6,8,10,12-14,16H2,1-4H3,(H2,21,22,23). The van der Waals surface area contributed by atoms with Gasteiger partial charge in [-0.3, -0.25) is 9.39 Å². The van der Waals surface area contributed by atoms with Gasteiger partial charge in [-0.25, -0.2) is 0 Å². The van der Waals surface area contributed by atoms with Crippen LogP contribution in [0.5, 0.6) is 0 Å². The predicted molar refractivity (Wildman–Crippen MR) is 109 cm³/mol. The highest BCUT2D eigenvalue weighted by Crippen LogP contribution is 2.22. The number of hydrogen-bond donors (Lipinski definition) is 2. The molecule has 0 atom stereocenters. The van der Waals surface area contributed by atoms with Crippen molar-refractivity contribution in [1.29, 1.82) is 0 Å². The van der Waals surface area contributed by atoms with E-state index < -0.39 is 0 Å². The average Bonchev–Trinajstić information content (AvgIpc) is 3.04. The van der Waals surface area contributed by atoms with Crippen molar-refractivity contribution in [2.75, 3.05) is 20.1 Å². The van der Waals surface area contributed by atoms with Crippen LogP contribution in [0.4, 0.5) is 0 Å². The minimum Gasteiger partial charge on any atom is -0.356 e. The van der Waals surface area contributed by atoms with E-state index in [-0.39, 0.29) is 5.41 Å². The van der Waals surface area contributed by atoms with Crippen LogP contribution in [0.15, 0.2) is 29.4 Å². The van der Waals surface area contributed by atoms with Crippen molar-refractivity contribution in [3.63, 3.8) is 0 Å². The summed E-state index contributed by atoms with van der Waals surface area (Å²) in [6, 6.07) is 5.96. The highest BCUT2D eigenvalue weighted by Gasteiger charge is 2.17. The fourth-order valence-electron chi connectivity index (χ4n) is 3.00. The van der Waals surface area contributed by atoms with Gasteiger partial charge in [-0.05, 0) is 30.4 Å². The summed E-state index contributed by atoms with van der Waals surface area (Å²) >= 11 is 0. The predicted octanol–water partition coefficient (Wildman–Crippen LogP) is 3.43. The molecule has 26 heavy (non-hydrogen) atoms. The highest BCUT2D eigenvalue weighted by molar-refractivity contribution is 5.79. The summed E-state index contributed by atoms with van der Waals surface area (Å²) in [4.78, 5) is 4.33. The Morgan fingerprint density at radius 2 is 2.00 bits per heavy atom. The van der Waals surface area contributed by atoms with E-state index in [1.807, 2.05) is 35.8 Å². The molecule has 0 unspecified atom stereocenters. The van der Waals surface area contributed by atoms with E-state index in [1.54, 1.807) is 0 Å². The van der Waals surface area contributed by atoms with Crippen LogP contribution in [-0.4, -0.2) is 40.7 Å². The first-order valence-electron chi connectivity index (χ1n) is 9.79. The Morgan fingerprint density at radius 3 is 2.77 bits per heavy atom. The van der Waals surface area contributed by atoms with Crippen LogP contribution in [-0.2, 0) is 6.42 Å². The summed E-state index contributed by atoms with van der Waals surface area (Å²) in [5, 5.41) is 15.3. The Hall–Kier alpha value is -2.11. The highest BCUT2D eigenvalue weighted by atomic mass is 15.2. The number of aliphatic imine (C=N–C) groups is 1. The van der Waals surface area contributed by atoms with Gasteiger partial charge in [0.25, 0.3) is 0 Å². The summed E-state index contributed by atoms with van der Waals surface area (Å²) in [7, 11) is 1.82. The van der Waals surface area contributed by atoms with Crippen LogP contribution in [0.1, 0.15) is 58.7 Å². The maximum Gasteiger partial charge on any atom is 0.190 e. The van der Waals surface area contributed by atoms with Crippen LogP contribution in [0.25, 0.3) is 5.65 Å². The molecule has 2 N–H and O–H groups in total. The van der Waals surface area contributed by atoms with Gasteiger partial charge in [-0.2, -0.15) is 0 Å². The molecule has 2 rings (SSSR count). The third-order valence-corrected chi connectivity index (χ3v) is 4.67. The molecule has 0 saturated heterocycles. The summed E-state index contributed by atoms with van der Waals surface area (Å²) in [5.41, 5.74) is 1.19. The lowest BCUT2D eigenvalue weighted by Gasteiger charge is -2.26. The number of unbranched alkanes of at least 4 members (excludes halogenated alkanes) is 2. The first kappa shape index (κ1) is 20.2. The van der Waals surface area contributed by atoms with Gasteiger partial charge in [0.1, 0.15) is 5.82 Å². The van der Waals surface area contributed by atoms with E-state index in [9.17, 15) is 0 Å². The minimum atomic E-state index is 0.285. The van der Waals surface area contributed by atoms with Crippen LogP contribution >= 0.6 is 0 Å². The third-order valence-electron chi connectivity index (χ3n) is 4.67. The lowest BCUT2D eigenvalue weighted by molar-refractivity contribution is 0.318. The van der Waals surface area contributed by atoms with Crippen molar-refractivity contribution < 1.29 is 0 Å². The topological polar surface area (TPSA) is 66.6 Å². The van der Waals surface area contributed by atoms with Crippen LogP contribution in [0.2, 0.25) is 0 Å². The zero-order valence-electron chi connectivity index (χ0n) is 16.8. The van der Waals surface area contributed by atoms with E-state index in [0.717, 1.165) is 43.4 Å². The molecule has 6 nitrogen and oxygen atoms in total. The SMILES string of the molecule is CCCCCC(C)(C)CNC(=NC)NCCCc1nnc2ccccn12. The van der Waals surface area contributed by atoms with E-state index in [4.69, 9.17) is 0 Å². The van der Waals surface area contributed by atoms with Crippen LogP contribution < -0.4 is 10.6 Å².